The highest BCUT2D eigenvalue weighted by molar-refractivity contribution is 6.62. The Kier molecular flexibility index (Phi) is 16.6. The summed E-state index contributed by atoms with van der Waals surface area (Å²) in [6, 6.07) is 24.2. The highest BCUT2D eigenvalue weighted by Gasteiger charge is 2.52. The number of hydrogen-bond acceptors (Lipinski definition) is 14. The summed E-state index contributed by atoms with van der Waals surface area (Å²) in [6.45, 7) is 21.8. The second-order valence-electron chi connectivity index (χ2n) is 22.1. The Morgan fingerprint density at radius 3 is 1.68 bits per heavy atom. The summed E-state index contributed by atoms with van der Waals surface area (Å²) in [5.41, 5.74) is 10.2. The highest BCUT2D eigenvalue weighted by Crippen LogP contribution is 2.37. The van der Waals surface area contributed by atoms with Crippen molar-refractivity contribution in [3.63, 3.8) is 0 Å². The number of hydrogen-bond donors (Lipinski definition) is 0. The summed E-state index contributed by atoms with van der Waals surface area (Å²) >= 11 is 0. The van der Waals surface area contributed by atoms with Crippen molar-refractivity contribution in [3.05, 3.63) is 118 Å². The zero-order valence-corrected chi connectivity index (χ0v) is 45.8. The number of esters is 2. The molecule has 5 heterocycles. The van der Waals surface area contributed by atoms with E-state index in [0.717, 1.165) is 68.2 Å². The summed E-state index contributed by atoms with van der Waals surface area (Å²) in [4.78, 5) is 51.7. The lowest BCUT2D eigenvalue weighted by atomic mass is 9.77. The number of nitrogens with zero attached hydrogens (tertiary/aromatic N) is 8. The molecule has 0 N–H and O–H groups in total. The molecule has 1 unspecified atom stereocenters. The molecule has 1 saturated heterocycles. The molecule has 1 fully saturated rings. The Balaban J connectivity index is 0.000000174. The highest BCUT2D eigenvalue weighted by atomic mass is 16.7. The van der Waals surface area contributed by atoms with Gasteiger partial charge in [-0.1, -0.05) is 59.0 Å². The van der Waals surface area contributed by atoms with Crippen LogP contribution in [0, 0.1) is 0 Å². The van der Waals surface area contributed by atoms with Crippen molar-refractivity contribution < 1.29 is 47.4 Å². The molecule has 3 aliphatic heterocycles. The topological polar surface area (TPSA) is 192 Å². The normalized spacial score (nSPS) is 16.3. The molecule has 0 spiro atoms. The lowest BCUT2D eigenvalue weighted by Gasteiger charge is -2.32. The maximum Gasteiger partial charge on any atom is 0.494 e. The Hall–Kier alpha value is -7.12. The number of carbonyl (C=O) groups is 4. The van der Waals surface area contributed by atoms with Gasteiger partial charge in [0.1, 0.15) is 22.2 Å². The van der Waals surface area contributed by atoms with Crippen LogP contribution >= 0.6 is 0 Å². The number of ether oxygens (including phenoxy) is 4. The van der Waals surface area contributed by atoms with E-state index in [-0.39, 0.29) is 54.8 Å². The quantitative estimate of drug-likeness (QED) is 0.0641. The zero-order chi connectivity index (χ0) is 54.6. The number of fused-ring (bicyclic) bond motifs is 4. The summed E-state index contributed by atoms with van der Waals surface area (Å²) in [7, 11) is 6.04. The molecule has 0 saturated carbocycles. The van der Waals surface area contributed by atoms with E-state index in [1.807, 2.05) is 92.0 Å². The van der Waals surface area contributed by atoms with E-state index in [0.29, 0.717) is 26.2 Å². The van der Waals surface area contributed by atoms with E-state index in [1.54, 1.807) is 25.2 Å². The Labute approximate surface area is 439 Å². The average Bonchev–Trinajstić information content (AvgIpc) is 3.99. The summed E-state index contributed by atoms with van der Waals surface area (Å²) in [5, 5.41) is 16.2. The van der Waals surface area contributed by atoms with Gasteiger partial charge in [-0.2, -0.15) is 0 Å². The van der Waals surface area contributed by atoms with Gasteiger partial charge in [0.25, 0.3) is 0 Å². The number of benzene rings is 4. The van der Waals surface area contributed by atoms with Crippen molar-refractivity contribution in [1.29, 1.82) is 0 Å². The van der Waals surface area contributed by atoms with Crippen molar-refractivity contribution >= 4 is 64.8 Å². The van der Waals surface area contributed by atoms with Crippen molar-refractivity contribution in [1.82, 2.24) is 39.8 Å². The Bertz CT molecular complexity index is 3080. The molecule has 2 aromatic heterocycles. The third-order valence-electron chi connectivity index (χ3n) is 13.6. The van der Waals surface area contributed by atoms with E-state index in [1.165, 1.54) is 31.4 Å². The molecule has 0 radical (unpaired) electrons. The van der Waals surface area contributed by atoms with E-state index < -0.39 is 11.2 Å². The lowest BCUT2D eigenvalue weighted by molar-refractivity contribution is -0.141. The van der Waals surface area contributed by atoms with Gasteiger partial charge in [0.05, 0.1) is 42.9 Å². The first-order valence-electron chi connectivity index (χ1n) is 25.2. The van der Waals surface area contributed by atoms with Gasteiger partial charge >= 0.3 is 31.2 Å². The van der Waals surface area contributed by atoms with Crippen LogP contribution in [0.2, 0.25) is 0 Å². The Morgan fingerprint density at radius 2 is 1.15 bits per heavy atom. The predicted octanol–water partition coefficient (Wildman–Crippen LogP) is 8.39. The molecule has 2 amide bonds. The van der Waals surface area contributed by atoms with Crippen LogP contribution in [-0.2, 0) is 77.9 Å². The number of amides is 2. The molecule has 3 aliphatic rings. The molecular weight excluding hydrogens is 955 g/mol. The first kappa shape index (κ1) is 55.6. The molecule has 6 aromatic rings. The molecule has 1 atom stereocenters. The van der Waals surface area contributed by atoms with Crippen LogP contribution < -0.4 is 5.46 Å². The monoisotopic (exact) mass is 1030 g/mol. The van der Waals surface area contributed by atoms with Crippen molar-refractivity contribution in [2.75, 3.05) is 27.3 Å². The molecule has 398 valence electrons. The van der Waals surface area contributed by atoms with E-state index >= 15 is 0 Å². The third kappa shape index (κ3) is 13.8. The van der Waals surface area contributed by atoms with Gasteiger partial charge in [-0.15, -0.1) is 10.2 Å². The molecule has 18 nitrogen and oxygen atoms in total. The molecule has 4 aromatic carbocycles. The summed E-state index contributed by atoms with van der Waals surface area (Å²) < 4.78 is 36.3. The van der Waals surface area contributed by atoms with E-state index in [2.05, 4.69) is 89.5 Å². The molecule has 0 aliphatic carbocycles. The maximum absolute atomic E-state index is 12.6. The van der Waals surface area contributed by atoms with Gasteiger partial charge in [0, 0.05) is 52.3 Å². The lowest BCUT2D eigenvalue weighted by Crippen LogP contribution is -2.41. The minimum absolute atomic E-state index is 0.203. The zero-order valence-electron chi connectivity index (χ0n) is 45.8. The van der Waals surface area contributed by atoms with Gasteiger partial charge in [-0.25, -0.2) is 23.7 Å². The van der Waals surface area contributed by atoms with E-state index in [9.17, 15) is 19.2 Å². The fraction of sp³-hybridized carbons (Fsp3) is 0.464. The standard InChI is InChI=1S/C25H30N4O4.C20H30BNO4.C11H11N3O2/c1-25(2,3)33-24(31)29-11-10-16-6-7-17(12-19(16)15-29)20(14-23(30)32-5)18-8-9-22-21(13-18)26-27-28(22)4;1-18(2,3)24-17(23)22-11-10-14-8-9-16(12-15(14)13-22)21-25-19(4,5)20(6,7)26-21;1-14-10-5-3-8(4-6-11(15)16-2)7-9(10)12-13-14/h6-9,12-13,20H,10-11,14-15H2,1-5H3;8-9,12H,10-11,13H2,1-7H3;3-7H,1-2H3/b;;6-4+. The van der Waals surface area contributed by atoms with Gasteiger partial charge in [-0.3, -0.25) is 4.79 Å². The van der Waals surface area contributed by atoms with Crippen molar-refractivity contribution in [2.24, 2.45) is 14.1 Å². The molecule has 19 heteroatoms. The minimum Gasteiger partial charge on any atom is -0.469 e. The smallest absolute Gasteiger partial charge is 0.469 e. The molecule has 9 rings (SSSR count). The van der Waals surface area contributed by atoms with Gasteiger partial charge < -0.3 is 38.1 Å². The number of methoxy groups -OCH3 is 2. The number of carbonyl (C=O) groups excluding carboxylic acids is 4. The van der Waals surface area contributed by atoms with Gasteiger partial charge in [-0.05, 0) is 157 Å². The SMILES string of the molecule is CC(C)(C)OC(=O)N1CCc2ccc(B3OC(C)(C)C(C)(C)O3)cc2C1.COC(=O)/C=C/c1ccc2c(c1)nnn2C.COC(=O)CC(c1ccc2c(c1)CN(C(=O)OC(C)(C)C)CC2)c1ccc2c(c1)nnn2C. The first-order valence-corrected chi connectivity index (χ1v) is 25.2. The molecular formula is C56H71BN8O10. The van der Waals surface area contributed by atoms with Gasteiger partial charge in [0.15, 0.2) is 0 Å². The van der Waals surface area contributed by atoms with E-state index in [4.69, 9.17) is 23.5 Å². The minimum atomic E-state index is -0.538. The second kappa shape index (κ2) is 22.4. The third-order valence-corrected chi connectivity index (χ3v) is 13.6. The number of aromatic nitrogens is 6. The summed E-state index contributed by atoms with van der Waals surface area (Å²) in [6.07, 6.45) is 4.29. The van der Waals surface area contributed by atoms with Crippen molar-refractivity contribution in [2.45, 2.75) is 130 Å². The van der Waals surface area contributed by atoms with Crippen LogP contribution in [-0.4, -0.2) is 121 Å². The van der Waals surface area contributed by atoms with Crippen LogP contribution in [0.25, 0.3) is 28.1 Å². The van der Waals surface area contributed by atoms with Crippen molar-refractivity contribution in [3.8, 4) is 0 Å². The Morgan fingerprint density at radius 1 is 0.653 bits per heavy atom. The fourth-order valence-electron chi connectivity index (χ4n) is 8.81. The van der Waals surface area contributed by atoms with Crippen LogP contribution in [0.1, 0.15) is 121 Å². The van der Waals surface area contributed by atoms with Crippen LogP contribution in [0.15, 0.2) is 78.9 Å². The maximum atomic E-state index is 12.6. The fourth-order valence-corrected chi connectivity index (χ4v) is 8.81. The first-order chi connectivity index (χ1) is 35.2. The van der Waals surface area contributed by atoms with Gasteiger partial charge in [0.2, 0.25) is 0 Å². The number of aryl methyl sites for hydroxylation is 2. The molecule has 75 heavy (non-hydrogen) atoms. The van der Waals surface area contributed by atoms with Crippen LogP contribution in [0.4, 0.5) is 9.59 Å². The summed E-state index contributed by atoms with van der Waals surface area (Å²) in [5.74, 6) is -0.863. The largest absolute Gasteiger partial charge is 0.494 e. The predicted molar refractivity (Wildman–Crippen MR) is 286 cm³/mol. The van der Waals surface area contributed by atoms with Crippen LogP contribution in [0.3, 0.4) is 0 Å². The number of rotatable bonds is 7. The second-order valence-corrected chi connectivity index (χ2v) is 22.1. The average molecular weight is 1030 g/mol. The molecule has 0 bridgehead atoms. The van der Waals surface area contributed by atoms with Crippen LogP contribution in [0.5, 0.6) is 0 Å².